The van der Waals surface area contributed by atoms with Crippen LogP contribution in [-0.4, -0.2) is 69.4 Å². The van der Waals surface area contributed by atoms with Gasteiger partial charge in [0.2, 0.25) is 5.91 Å². The monoisotopic (exact) mass is 1070 g/mol. The molecule has 0 rings (SSSR count). The van der Waals surface area contributed by atoms with Crippen LogP contribution in [0.2, 0.25) is 0 Å². The molecule has 3 atom stereocenters. The summed E-state index contributed by atoms with van der Waals surface area (Å²) in [4.78, 5) is 39.9. The number of hydrogen-bond donors (Lipinski definition) is 1. The molecule has 0 aliphatic rings. The molecule has 0 saturated carbocycles. The van der Waals surface area contributed by atoms with Gasteiger partial charge in [0.05, 0.1) is 33.8 Å². The van der Waals surface area contributed by atoms with Crippen molar-refractivity contribution in [2.75, 3.05) is 40.9 Å². The van der Waals surface area contributed by atoms with Crippen molar-refractivity contribution in [1.82, 2.24) is 5.32 Å². The molecule has 0 fully saturated rings. The normalized spacial score (nSPS) is 14.3. The number of hydrogen-bond acceptors (Lipinski definition) is 7. The molecule has 3 unspecified atom stereocenters. The highest BCUT2D eigenvalue weighted by molar-refractivity contribution is 7.45. The third-order valence-electron chi connectivity index (χ3n) is 13.4. The minimum atomic E-state index is -4.71. The molecule has 0 aromatic carbocycles. The molecule has 0 aliphatic heterocycles. The summed E-state index contributed by atoms with van der Waals surface area (Å²) < 4.78 is 30.3. The summed E-state index contributed by atoms with van der Waals surface area (Å²) >= 11 is 0. The van der Waals surface area contributed by atoms with Crippen LogP contribution < -0.4 is 10.2 Å². The van der Waals surface area contributed by atoms with Gasteiger partial charge < -0.3 is 28.5 Å². The van der Waals surface area contributed by atoms with Gasteiger partial charge in [0.15, 0.2) is 0 Å². The first kappa shape index (κ1) is 72.2. The predicted molar refractivity (Wildman–Crippen MR) is 321 cm³/mol. The first-order chi connectivity index (χ1) is 36.4. The number of nitrogens with one attached hydrogen (secondary N) is 1. The maximum Gasteiger partial charge on any atom is 0.306 e. The Kier molecular flexibility index (Phi) is 52.5. The topological polar surface area (TPSA) is 114 Å². The second kappa shape index (κ2) is 54.5. The number of phosphoric acid groups is 1. The number of nitrogens with zero attached hydrogens (tertiary/aromatic N) is 1. The number of ether oxygens (including phenoxy) is 1. The molecule has 0 heterocycles. The number of unbranched alkanes of at least 4 members (excludes halogenated alkanes) is 29. The molecule has 1 N–H and O–H groups in total. The zero-order valence-corrected chi connectivity index (χ0v) is 50.4. The summed E-state index contributed by atoms with van der Waals surface area (Å²) in [5.41, 5.74) is 0. The third kappa shape index (κ3) is 55.7. The Morgan fingerprint density at radius 3 is 1.41 bits per heavy atom. The van der Waals surface area contributed by atoms with E-state index in [4.69, 9.17) is 13.8 Å². The molecule has 434 valence electrons. The number of phosphoric ester groups is 1. The smallest absolute Gasteiger partial charge is 0.306 e. The van der Waals surface area contributed by atoms with E-state index in [1.165, 1.54) is 122 Å². The van der Waals surface area contributed by atoms with Crippen LogP contribution in [0.5, 0.6) is 0 Å². The molecule has 0 radical (unpaired) electrons. The predicted octanol–water partition coefficient (Wildman–Crippen LogP) is 18.4. The van der Waals surface area contributed by atoms with Gasteiger partial charge in [-0.2, -0.15) is 0 Å². The average Bonchev–Trinajstić information content (AvgIpc) is 3.37. The first-order valence-corrected chi connectivity index (χ1v) is 32.4. The van der Waals surface area contributed by atoms with Crippen molar-refractivity contribution < 1.29 is 37.3 Å². The van der Waals surface area contributed by atoms with Gasteiger partial charge in [0.25, 0.3) is 7.82 Å². The van der Waals surface area contributed by atoms with Gasteiger partial charge in [-0.05, 0) is 89.5 Å². The second-order valence-corrected chi connectivity index (χ2v) is 23.3. The summed E-state index contributed by atoms with van der Waals surface area (Å²) in [6.07, 6.45) is 71.2. The van der Waals surface area contributed by atoms with E-state index in [2.05, 4.69) is 99.0 Å². The van der Waals surface area contributed by atoms with Crippen LogP contribution in [-0.2, 0) is 27.9 Å². The number of carbonyl (C=O) groups is 2. The number of amides is 1. The standard InChI is InChI=1S/C65H117N2O7P/c1-7-10-13-16-19-22-25-28-29-30-31-32-33-34-35-36-37-40-42-45-48-51-54-57-64(68)66-62(61-73-75(70,71)72-60-59-67(4,5)6)63(56-53-50-47-44-41-38-26-23-20-17-14-11-8-2)74-65(69)58-55-52-49-46-43-39-27-24-21-18-15-12-9-3/h12,15,18-19,21-22,24,27-29,31-32,53,56,62-63H,7-11,13-14,16-17,20,23,25-26,30,33-52,54-55,57-61H2,1-6H3,(H-,66,68,70,71)/b15-12+,21-18+,22-19-,27-24-,29-28-,32-31-,56-53-. The lowest BCUT2D eigenvalue weighted by Crippen LogP contribution is -2.47. The maximum absolute atomic E-state index is 13.5. The molecule has 9 nitrogen and oxygen atoms in total. The van der Waals surface area contributed by atoms with Crippen LogP contribution in [0.15, 0.2) is 85.1 Å². The van der Waals surface area contributed by atoms with Gasteiger partial charge >= 0.3 is 5.97 Å². The summed E-state index contributed by atoms with van der Waals surface area (Å²) in [5, 5.41) is 3.02. The highest BCUT2D eigenvalue weighted by Gasteiger charge is 2.27. The van der Waals surface area contributed by atoms with Crippen molar-refractivity contribution in [3.8, 4) is 0 Å². The summed E-state index contributed by atoms with van der Waals surface area (Å²) in [6.45, 7) is 6.67. The number of rotatable bonds is 55. The van der Waals surface area contributed by atoms with Crippen molar-refractivity contribution in [2.45, 2.75) is 277 Å². The zero-order chi connectivity index (χ0) is 55.0. The Hall–Kier alpha value is -2.81. The Labute approximate surface area is 463 Å². The molecule has 0 bridgehead atoms. The van der Waals surface area contributed by atoms with Crippen LogP contribution in [0.4, 0.5) is 0 Å². The minimum absolute atomic E-state index is 0.0299. The van der Waals surface area contributed by atoms with Crippen LogP contribution >= 0.6 is 7.82 Å². The van der Waals surface area contributed by atoms with E-state index in [1.54, 1.807) is 0 Å². The van der Waals surface area contributed by atoms with Crippen LogP contribution in [0.1, 0.15) is 265 Å². The van der Waals surface area contributed by atoms with E-state index in [-0.39, 0.29) is 24.9 Å². The summed E-state index contributed by atoms with van der Waals surface area (Å²) in [7, 11) is 1.16. The van der Waals surface area contributed by atoms with Gasteiger partial charge in [-0.3, -0.25) is 14.2 Å². The first-order valence-electron chi connectivity index (χ1n) is 30.9. The average molecular weight is 1070 g/mol. The van der Waals surface area contributed by atoms with E-state index < -0.39 is 26.6 Å². The molecule has 10 heteroatoms. The van der Waals surface area contributed by atoms with E-state index in [0.717, 1.165) is 103 Å². The minimum Gasteiger partial charge on any atom is -0.756 e. The zero-order valence-electron chi connectivity index (χ0n) is 49.5. The van der Waals surface area contributed by atoms with Gasteiger partial charge in [0, 0.05) is 12.8 Å². The van der Waals surface area contributed by atoms with Crippen molar-refractivity contribution in [3.05, 3.63) is 85.1 Å². The molecule has 75 heavy (non-hydrogen) atoms. The highest BCUT2D eigenvalue weighted by atomic mass is 31.2. The SMILES string of the molecule is CC/C=C/C=C/C=C\CCCCCCCC(=O)OC(/C=C\CCCCCCCCCCCCC)C(COP(=O)([O-])OCC[N+](C)(C)C)NC(=O)CCCCCCCCCCCC/C=C\C/C=C\C/C=C\CCCCC. The number of esters is 1. The molecule has 0 spiro atoms. The van der Waals surface area contributed by atoms with Gasteiger partial charge in [0.1, 0.15) is 19.3 Å². The molecule has 0 aromatic heterocycles. The highest BCUT2D eigenvalue weighted by Crippen LogP contribution is 2.38. The summed E-state index contributed by atoms with van der Waals surface area (Å²) in [5.74, 6) is -0.570. The molecular weight excluding hydrogens is 952 g/mol. The maximum atomic E-state index is 13.5. The molecule has 0 aliphatic carbocycles. The van der Waals surface area contributed by atoms with Crippen LogP contribution in [0.3, 0.4) is 0 Å². The number of carbonyl (C=O) groups excluding carboxylic acids is 2. The van der Waals surface area contributed by atoms with E-state index >= 15 is 0 Å². The molecule has 1 amide bonds. The lowest BCUT2D eigenvalue weighted by atomic mass is 10.0. The van der Waals surface area contributed by atoms with Gasteiger partial charge in [-0.15, -0.1) is 0 Å². The fourth-order valence-electron chi connectivity index (χ4n) is 8.59. The van der Waals surface area contributed by atoms with E-state index in [1.807, 2.05) is 33.3 Å². The summed E-state index contributed by atoms with van der Waals surface area (Å²) in [6, 6.07) is -0.902. The lowest BCUT2D eigenvalue weighted by molar-refractivity contribution is -0.870. The number of quaternary nitrogens is 1. The van der Waals surface area contributed by atoms with Crippen LogP contribution in [0, 0.1) is 0 Å². The lowest BCUT2D eigenvalue weighted by Gasteiger charge is -2.30. The number of likely N-dealkylation sites (N-methyl/N-ethyl adjacent to an activating group) is 1. The van der Waals surface area contributed by atoms with Crippen molar-refractivity contribution in [1.29, 1.82) is 0 Å². The van der Waals surface area contributed by atoms with E-state index in [9.17, 15) is 19.0 Å². The van der Waals surface area contributed by atoms with Gasteiger partial charge in [-0.1, -0.05) is 247 Å². The van der Waals surface area contributed by atoms with Crippen molar-refractivity contribution >= 4 is 19.7 Å². The third-order valence-corrected chi connectivity index (χ3v) is 14.3. The van der Waals surface area contributed by atoms with E-state index in [0.29, 0.717) is 23.9 Å². The fraction of sp³-hybridized carbons (Fsp3) is 0.754. The Balaban J connectivity index is 5.23. The Morgan fingerprint density at radius 2 is 0.907 bits per heavy atom. The quantitative estimate of drug-likeness (QED) is 0.0161. The van der Waals surface area contributed by atoms with Gasteiger partial charge in [-0.25, -0.2) is 0 Å². The molecule has 0 saturated heterocycles. The second-order valence-electron chi connectivity index (χ2n) is 21.9. The fourth-order valence-corrected chi connectivity index (χ4v) is 9.31. The van der Waals surface area contributed by atoms with Crippen LogP contribution in [0.25, 0.3) is 0 Å². The van der Waals surface area contributed by atoms with Crippen molar-refractivity contribution in [2.24, 2.45) is 0 Å². The molecule has 0 aromatic rings. The molecular formula is C65H117N2O7P. The Morgan fingerprint density at radius 1 is 0.493 bits per heavy atom. The Bertz CT molecular complexity index is 1560. The van der Waals surface area contributed by atoms with Crippen molar-refractivity contribution in [3.63, 3.8) is 0 Å². The number of allylic oxidation sites excluding steroid dienone is 13. The largest absolute Gasteiger partial charge is 0.756 e.